The predicted octanol–water partition coefficient (Wildman–Crippen LogP) is 2.54. The normalized spacial score (nSPS) is 12.7. The summed E-state index contributed by atoms with van der Waals surface area (Å²) in [5.74, 6) is -1.25. The van der Waals surface area contributed by atoms with Gasteiger partial charge in [0.25, 0.3) is 0 Å². The molecule has 2 aromatic heterocycles. The molecular formula is C14H11F3N2O3. The Morgan fingerprint density at radius 3 is 2.59 bits per heavy atom. The van der Waals surface area contributed by atoms with Gasteiger partial charge in [-0.2, -0.15) is 13.2 Å². The first-order valence-electron chi connectivity index (χ1n) is 6.17. The number of carbonyl (C=O) groups is 1. The second-order valence-corrected chi connectivity index (χ2v) is 4.50. The van der Waals surface area contributed by atoms with E-state index in [1.54, 1.807) is 0 Å². The Hall–Kier alpha value is -2.64. The first-order chi connectivity index (χ1) is 10.3. The zero-order chi connectivity index (χ0) is 16.3. The van der Waals surface area contributed by atoms with Gasteiger partial charge in [0.2, 0.25) is 11.7 Å². The zero-order valence-corrected chi connectivity index (χ0v) is 11.3. The molecule has 116 valence electrons. The molecule has 0 radical (unpaired) electrons. The maximum absolute atomic E-state index is 13.1. The molecule has 0 spiro atoms. The first kappa shape index (κ1) is 15.7. The van der Waals surface area contributed by atoms with Crippen molar-refractivity contribution in [3.63, 3.8) is 0 Å². The maximum Gasteiger partial charge on any atom is 0.431 e. The van der Waals surface area contributed by atoms with Gasteiger partial charge in [-0.05, 0) is 25.1 Å². The number of H-pyrrole nitrogens is 1. The van der Waals surface area contributed by atoms with E-state index in [2.05, 4.69) is 14.7 Å². The third-order valence-corrected chi connectivity index (χ3v) is 2.69. The lowest BCUT2D eigenvalue weighted by atomic mass is 10.2. The van der Waals surface area contributed by atoms with Gasteiger partial charge in [0, 0.05) is 18.0 Å². The number of halogens is 3. The zero-order valence-electron chi connectivity index (χ0n) is 11.3. The van der Waals surface area contributed by atoms with Gasteiger partial charge in [-0.3, -0.25) is 9.78 Å². The standard InChI is InChI=1S/C14H11F3N2O3/c1-8-6-9(7-11(20)19-8)13(21)22-12(14(15,16)17)10-4-2-3-5-18-10/h2-7,12H,1H3,(H,19,20)/t12-/m1/s1. The number of aryl methyl sites for hydroxylation is 1. The molecule has 0 bridgehead atoms. The van der Waals surface area contributed by atoms with E-state index in [4.69, 9.17) is 0 Å². The Balaban J connectivity index is 2.31. The van der Waals surface area contributed by atoms with Crippen molar-refractivity contribution < 1.29 is 22.7 Å². The Morgan fingerprint density at radius 1 is 1.32 bits per heavy atom. The Labute approximate surface area is 122 Å². The number of rotatable bonds is 3. The predicted molar refractivity (Wildman–Crippen MR) is 70.2 cm³/mol. The SMILES string of the molecule is Cc1cc(C(=O)O[C@H](c2ccccn2)C(F)(F)F)cc(=O)[nH]1. The molecule has 0 unspecified atom stereocenters. The monoisotopic (exact) mass is 312 g/mol. The van der Waals surface area contributed by atoms with E-state index in [-0.39, 0.29) is 5.56 Å². The maximum atomic E-state index is 13.1. The van der Waals surface area contributed by atoms with E-state index in [1.165, 1.54) is 31.3 Å². The van der Waals surface area contributed by atoms with Gasteiger partial charge in [-0.25, -0.2) is 4.79 Å². The lowest BCUT2D eigenvalue weighted by Gasteiger charge is -2.20. The number of esters is 1. The molecule has 5 nitrogen and oxygen atoms in total. The number of hydrogen-bond donors (Lipinski definition) is 1. The van der Waals surface area contributed by atoms with Crippen LogP contribution in [-0.4, -0.2) is 22.1 Å². The summed E-state index contributed by atoms with van der Waals surface area (Å²) < 4.78 is 43.7. The number of pyridine rings is 2. The molecule has 2 rings (SSSR count). The lowest BCUT2D eigenvalue weighted by molar-refractivity contribution is -0.208. The van der Waals surface area contributed by atoms with Crippen LogP contribution >= 0.6 is 0 Å². The molecule has 0 saturated carbocycles. The summed E-state index contributed by atoms with van der Waals surface area (Å²) in [6, 6.07) is 6.01. The molecule has 8 heteroatoms. The fourth-order valence-electron chi connectivity index (χ4n) is 1.80. The number of nitrogens with zero attached hydrogens (tertiary/aromatic N) is 1. The van der Waals surface area contributed by atoms with Crippen LogP contribution in [0.15, 0.2) is 41.3 Å². The third-order valence-electron chi connectivity index (χ3n) is 2.69. The van der Waals surface area contributed by atoms with E-state index in [0.717, 1.165) is 12.1 Å². The van der Waals surface area contributed by atoms with E-state index < -0.39 is 29.5 Å². The Kier molecular flexibility index (Phi) is 4.30. The molecule has 0 fully saturated rings. The van der Waals surface area contributed by atoms with Gasteiger partial charge < -0.3 is 9.72 Å². The van der Waals surface area contributed by atoms with Crippen molar-refractivity contribution in [2.24, 2.45) is 0 Å². The van der Waals surface area contributed by atoms with E-state index >= 15 is 0 Å². The van der Waals surface area contributed by atoms with Crippen LogP contribution in [0, 0.1) is 6.92 Å². The minimum atomic E-state index is -4.82. The number of hydrogen-bond acceptors (Lipinski definition) is 4. The van der Waals surface area contributed by atoms with Crippen molar-refractivity contribution in [1.82, 2.24) is 9.97 Å². The molecule has 0 aliphatic heterocycles. The van der Waals surface area contributed by atoms with Gasteiger partial charge in [0.1, 0.15) is 0 Å². The van der Waals surface area contributed by atoms with Crippen LogP contribution in [0.5, 0.6) is 0 Å². The largest absolute Gasteiger partial charge is 0.442 e. The highest BCUT2D eigenvalue weighted by molar-refractivity contribution is 5.89. The van der Waals surface area contributed by atoms with Gasteiger partial charge >= 0.3 is 12.1 Å². The highest BCUT2D eigenvalue weighted by atomic mass is 19.4. The van der Waals surface area contributed by atoms with Crippen molar-refractivity contribution in [3.8, 4) is 0 Å². The second-order valence-electron chi connectivity index (χ2n) is 4.50. The molecule has 0 aromatic carbocycles. The molecule has 0 amide bonds. The van der Waals surface area contributed by atoms with Crippen molar-refractivity contribution in [1.29, 1.82) is 0 Å². The molecule has 2 heterocycles. The fraction of sp³-hybridized carbons (Fsp3) is 0.214. The molecule has 0 aliphatic rings. The Bertz CT molecular complexity index is 726. The highest BCUT2D eigenvalue weighted by Gasteiger charge is 2.45. The van der Waals surface area contributed by atoms with Crippen molar-refractivity contribution in [2.75, 3.05) is 0 Å². The van der Waals surface area contributed by atoms with E-state index in [9.17, 15) is 22.8 Å². The van der Waals surface area contributed by atoms with Gasteiger partial charge in [-0.1, -0.05) is 6.07 Å². The molecule has 22 heavy (non-hydrogen) atoms. The second kappa shape index (κ2) is 6.00. The smallest absolute Gasteiger partial charge is 0.431 e. The summed E-state index contributed by atoms with van der Waals surface area (Å²) in [4.78, 5) is 29.1. The number of aromatic nitrogens is 2. The number of carbonyl (C=O) groups excluding carboxylic acids is 1. The third kappa shape index (κ3) is 3.72. The van der Waals surface area contributed by atoms with E-state index in [1.807, 2.05) is 0 Å². The van der Waals surface area contributed by atoms with Crippen molar-refractivity contribution in [3.05, 3.63) is 63.8 Å². The summed E-state index contributed by atoms with van der Waals surface area (Å²) in [5, 5.41) is 0. The summed E-state index contributed by atoms with van der Waals surface area (Å²) in [6.45, 7) is 1.50. The summed E-state index contributed by atoms with van der Waals surface area (Å²) in [5.41, 5.74) is -0.967. The minimum Gasteiger partial charge on any atom is -0.442 e. The summed E-state index contributed by atoms with van der Waals surface area (Å²) in [7, 11) is 0. The van der Waals surface area contributed by atoms with Crippen LogP contribution in [0.25, 0.3) is 0 Å². The number of aromatic amines is 1. The molecule has 0 saturated heterocycles. The first-order valence-corrected chi connectivity index (χ1v) is 6.17. The van der Waals surface area contributed by atoms with Crippen LogP contribution in [0.1, 0.15) is 27.8 Å². The summed E-state index contributed by atoms with van der Waals surface area (Å²) in [6.07, 6.45) is -6.15. The lowest BCUT2D eigenvalue weighted by Crippen LogP contribution is -2.27. The highest BCUT2D eigenvalue weighted by Crippen LogP contribution is 2.35. The summed E-state index contributed by atoms with van der Waals surface area (Å²) >= 11 is 0. The van der Waals surface area contributed by atoms with Gasteiger partial charge in [0.05, 0.1) is 11.3 Å². The minimum absolute atomic E-state index is 0.258. The topological polar surface area (TPSA) is 72.0 Å². The van der Waals surface area contributed by atoms with Crippen LogP contribution in [0.2, 0.25) is 0 Å². The number of alkyl halides is 3. The molecule has 1 atom stereocenters. The van der Waals surface area contributed by atoms with Crippen molar-refractivity contribution >= 4 is 5.97 Å². The van der Waals surface area contributed by atoms with Crippen LogP contribution in [0.4, 0.5) is 13.2 Å². The number of nitrogens with one attached hydrogen (secondary N) is 1. The Morgan fingerprint density at radius 2 is 2.05 bits per heavy atom. The van der Waals surface area contributed by atoms with Crippen LogP contribution in [-0.2, 0) is 4.74 Å². The molecule has 0 aliphatic carbocycles. The van der Waals surface area contributed by atoms with Crippen LogP contribution in [0.3, 0.4) is 0 Å². The van der Waals surface area contributed by atoms with Crippen LogP contribution < -0.4 is 5.56 Å². The molecule has 2 aromatic rings. The molecular weight excluding hydrogens is 301 g/mol. The fourth-order valence-corrected chi connectivity index (χ4v) is 1.80. The van der Waals surface area contributed by atoms with Crippen molar-refractivity contribution in [2.45, 2.75) is 19.2 Å². The average Bonchev–Trinajstić information content (AvgIpc) is 2.43. The van der Waals surface area contributed by atoms with Gasteiger partial charge in [-0.15, -0.1) is 0 Å². The number of ether oxygens (including phenoxy) is 1. The quantitative estimate of drug-likeness (QED) is 0.884. The van der Waals surface area contributed by atoms with Gasteiger partial charge in [0.15, 0.2) is 0 Å². The van der Waals surface area contributed by atoms with E-state index in [0.29, 0.717) is 5.69 Å². The molecule has 1 N–H and O–H groups in total. The average molecular weight is 312 g/mol.